The Bertz CT molecular complexity index is 347. The van der Waals surface area contributed by atoms with E-state index in [0.29, 0.717) is 11.5 Å². The van der Waals surface area contributed by atoms with Crippen LogP contribution in [0.5, 0.6) is 0 Å². The third kappa shape index (κ3) is 2.18. The van der Waals surface area contributed by atoms with Crippen molar-refractivity contribution < 1.29 is 5.11 Å². The van der Waals surface area contributed by atoms with Crippen molar-refractivity contribution in [3.05, 3.63) is 18.1 Å². The fourth-order valence-corrected chi connectivity index (χ4v) is 0.949. The van der Waals surface area contributed by atoms with Gasteiger partial charge in [-0.2, -0.15) is 5.26 Å². The molecule has 0 amide bonds. The molecule has 0 spiro atoms. The summed E-state index contributed by atoms with van der Waals surface area (Å²) < 4.78 is 0. The number of aliphatic hydroxyl groups excluding tert-OH is 1. The van der Waals surface area contributed by atoms with E-state index >= 15 is 0 Å². The van der Waals surface area contributed by atoms with Crippen LogP contribution in [0, 0.1) is 11.3 Å². The molecule has 1 N–H and O–H groups in total. The maximum absolute atomic E-state index is 8.94. The molecule has 0 aliphatic heterocycles. The zero-order valence-corrected chi connectivity index (χ0v) is 8.18. The first-order chi connectivity index (χ1) is 6.69. The standard InChI is InChI=1S/C9H12N4O/c1-7(5-14)13(2)9-3-8(4-10)11-6-12-9/h3,6-7,14H,5H2,1-2H3. The highest BCUT2D eigenvalue weighted by molar-refractivity contribution is 5.41. The monoisotopic (exact) mass is 192 g/mol. The summed E-state index contributed by atoms with van der Waals surface area (Å²) in [6.45, 7) is 1.91. The van der Waals surface area contributed by atoms with Crippen molar-refractivity contribution in [2.75, 3.05) is 18.6 Å². The molecule has 0 aromatic carbocycles. The topological polar surface area (TPSA) is 73.0 Å². The van der Waals surface area contributed by atoms with E-state index in [2.05, 4.69) is 9.97 Å². The summed E-state index contributed by atoms with van der Waals surface area (Å²) >= 11 is 0. The second-order valence-corrected chi connectivity index (χ2v) is 3.02. The first kappa shape index (κ1) is 10.4. The van der Waals surface area contributed by atoms with E-state index in [4.69, 9.17) is 10.4 Å². The van der Waals surface area contributed by atoms with Crippen molar-refractivity contribution in [1.29, 1.82) is 5.26 Å². The highest BCUT2D eigenvalue weighted by Gasteiger charge is 2.10. The Morgan fingerprint density at radius 3 is 2.93 bits per heavy atom. The zero-order chi connectivity index (χ0) is 10.6. The highest BCUT2D eigenvalue weighted by atomic mass is 16.3. The van der Waals surface area contributed by atoms with Gasteiger partial charge in [-0.05, 0) is 6.92 Å². The minimum Gasteiger partial charge on any atom is -0.394 e. The Hall–Kier alpha value is -1.67. The van der Waals surface area contributed by atoms with Crippen molar-refractivity contribution in [2.24, 2.45) is 0 Å². The number of nitriles is 1. The molecule has 1 aromatic heterocycles. The summed E-state index contributed by atoms with van der Waals surface area (Å²) in [6.07, 6.45) is 1.34. The fraction of sp³-hybridized carbons (Fsp3) is 0.444. The number of aromatic nitrogens is 2. The van der Waals surface area contributed by atoms with E-state index in [9.17, 15) is 0 Å². The van der Waals surface area contributed by atoms with Gasteiger partial charge in [0.25, 0.3) is 0 Å². The first-order valence-corrected chi connectivity index (χ1v) is 4.25. The molecular weight excluding hydrogens is 180 g/mol. The first-order valence-electron chi connectivity index (χ1n) is 4.25. The molecule has 5 heteroatoms. The summed E-state index contributed by atoms with van der Waals surface area (Å²) in [6, 6.07) is 3.50. The number of hydrogen-bond donors (Lipinski definition) is 1. The zero-order valence-electron chi connectivity index (χ0n) is 8.18. The Labute approximate surface area is 82.6 Å². The number of rotatable bonds is 3. The molecule has 0 fully saturated rings. The lowest BCUT2D eigenvalue weighted by molar-refractivity contribution is 0.270. The van der Waals surface area contributed by atoms with E-state index in [0.717, 1.165) is 0 Å². The van der Waals surface area contributed by atoms with Crippen LogP contribution in [0.1, 0.15) is 12.6 Å². The molecule has 0 aliphatic carbocycles. The molecule has 0 aliphatic rings. The molecule has 0 bridgehead atoms. The molecule has 1 rings (SSSR count). The van der Waals surface area contributed by atoms with Crippen LogP contribution in [0.2, 0.25) is 0 Å². The lowest BCUT2D eigenvalue weighted by atomic mass is 10.3. The van der Waals surface area contributed by atoms with Crippen molar-refractivity contribution >= 4 is 5.82 Å². The van der Waals surface area contributed by atoms with E-state index < -0.39 is 0 Å². The minimum absolute atomic E-state index is 0.0311. The van der Waals surface area contributed by atoms with Crippen molar-refractivity contribution in [1.82, 2.24) is 9.97 Å². The van der Waals surface area contributed by atoms with Crippen LogP contribution in [0.15, 0.2) is 12.4 Å². The van der Waals surface area contributed by atoms with Crippen molar-refractivity contribution in [2.45, 2.75) is 13.0 Å². The molecular formula is C9H12N4O. The Kier molecular flexibility index (Phi) is 3.37. The normalized spacial score (nSPS) is 11.9. The van der Waals surface area contributed by atoms with E-state index in [1.165, 1.54) is 6.33 Å². The molecule has 14 heavy (non-hydrogen) atoms. The quantitative estimate of drug-likeness (QED) is 0.738. The van der Waals surface area contributed by atoms with Gasteiger partial charge in [-0.25, -0.2) is 9.97 Å². The molecule has 1 aromatic rings. The molecule has 5 nitrogen and oxygen atoms in total. The molecule has 1 atom stereocenters. The summed E-state index contributed by atoms with van der Waals surface area (Å²) in [5.74, 6) is 0.637. The number of aliphatic hydroxyl groups is 1. The van der Waals surface area contributed by atoms with Crippen LogP contribution in [0.25, 0.3) is 0 Å². The summed E-state index contributed by atoms with van der Waals surface area (Å²) in [5.41, 5.74) is 0.326. The third-order valence-electron chi connectivity index (χ3n) is 2.05. The molecule has 1 heterocycles. The van der Waals surface area contributed by atoms with Crippen LogP contribution in [-0.4, -0.2) is 34.8 Å². The molecule has 74 valence electrons. The summed E-state index contributed by atoms with van der Waals surface area (Å²) in [4.78, 5) is 9.57. The van der Waals surface area contributed by atoms with E-state index in [1.807, 2.05) is 20.0 Å². The van der Waals surface area contributed by atoms with Crippen LogP contribution < -0.4 is 4.90 Å². The lowest BCUT2D eigenvalue weighted by Crippen LogP contribution is -2.32. The minimum atomic E-state index is -0.0311. The van der Waals surface area contributed by atoms with Crippen LogP contribution >= 0.6 is 0 Å². The van der Waals surface area contributed by atoms with Crippen LogP contribution in [0.3, 0.4) is 0 Å². The van der Waals surface area contributed by atoms with E-state index in [1.54, 1.807) is 11.0 Å². The van der Waals surface area contributed by atoms with Gasteiger partial charge in [0.15, 0.2) is 0 Å². The maximum atomic E-state index is 8.94. The maximum Gasteiger partial charge on any atom is 0.145 e. The Balaban J connectivity index is 2.91. The Morgan fingerprint density at radius 2 is 2.36 bits per heavy atom. The summed E-state index contributed by atoms with van der Waals surface area (Å²) in [5, 5.41) is 17.6. The highest BCUT2D eigenvalue weighted by Crippen LogP contribution is 2.11. The van der Waals surface area contributed by atoms with Gasteiger partial charge >= 0.3 is 0 Å². The van der Waals surface area contributed by atoms with Gasteiger partial charge in [-0.15, -0.1) is 0 Å². The van der Waals surface area contributed by atoms with Gasteiger partial charge < -0.3 is 10.0 Å². The number of hydrogen-bond acceptors (Lipinski definition) is 5. The second-order valence-electron chi connectivity index (χ2n) is 3.02. The number of anilines is 1. The van der Waals surface area contributed by atoms with Crippen LogP contribution in [-0.2, 0) is 0 Å². The van der Waals surface area contributed by atoms with Crippen LogP contribution in [0.4, 0.5) is 5.82 Å². The molecule has 1 unspecified atom stereocenters. The Morgan fingerprint density at radius 1 is 1.64 bits per heavy atom. The largest absolute Gasteiger partial charge is 0.394 e. The SMILES string of the molecule is CC(CO)N(C)c1cc(C#N)ncn1. The second kappa shape index (κ2) is 4.53. The molecule has 0 saturated carbocycles. The van der Waals surface area contributed by atoms with Gasteiger partial charge in [-0.3, -0.25) is 0 Å². The van der Waals surface area contributed by atoms with Gasteiger partial charge in [0.2, 0.25) is 0 Å². The smallest absolute Gasteiger partial charge is 0.145 e. The van der Waals surface area contributed by atoms with E-state index in [-0.39, 0.29) is 12.6 Å². The van der Waals surface area contributed by atoms with Gasteiger partial charge in [0.05, 0.1) is 12.6 Å². The average molecular weight is 192 g/mol. The van der Waals surface area contributed by atoms with Crippen molar-refractivity contribution in [3.63, 3.8) is 0 Å². The predicted molar refractivity (Wildman–Crippen MR) is 51.7 cm³/mol. The third-order valence-corrected chi connectivity index (χ3v) is 2.05. The van der Waals surface area contributed by atoms with Gasteiger partial charge in [0, 0.05) is 13.1 Å². The molecule has 0 radical (unpaired) electrons. The lowest BCUT2D eigenvalue weighted by Gasteiger charge is -2.23. The van der Waals surface area contributed by atoms with Gasteiger partial charge in [0.1, 0.15) is 23.9 Å². The number of nitrogens with zero attached hydrogens (tertiary/aromatic N) is 4. The van der Waals surface area contributed by atoms with Gasteiger partial charge in [-0.1, -0.05) is 0 Å². The fourth-order valence-electron chi connectivity index (χ4n) is 0.949. The number of likely N-dealkylation sites (N-methyl/N-ethyl adjacent to an activating group) is 1. The average Bonchev–Trinajstić information content (AvgIpc) is 2.27. The predicted octanol–water partition coefficient (Wildman–Crippen LogP) is 0.165. The molecule has 0 saturated heterocycles. The summed E-state index contributed by atoms with van der Waals surface area (Å²) in [7, 11) is 1.81. The van der Waals surface area contributed by atoms with Crippen molar-refractivity contribution in [3.8, 4) is 6.07 Å².